The number of hydrogen-bond acceptors (Lipinski definition) is 8. The number of carboxylic acids is 1. The molecule has 0 aliphatic carbocycles. The second kappa shape index (κ2) is 13.9. The van der Waals surface area contributed by atoms with E-state index >= 15 is 0 Å². The van der Waals surface area contributed by atoms with Crippen molar-refractivity contribution in [2.45, 2.75) is 43.9 Å². The zero-order valence-electron chi connectivity index (χ0n) is 17.9. The quantitative estimate of drug-likeness (QED) is 0.183. The standard InChI is InChI=1S/C20H30N4O6S2/c1-11(20(29)30)22-18(27)15(9-12-3-5-13(25)6-4-12)23-19(28)16(10-31)24-17(26)14(21)7-8-32-2/h3-6,11,14-16,25,31H,7-10,21H2,1-2H3,(H,22,27)(H,23,28)(H,24,26)(H,29,30). The minimum atomic E-state index is -1.23. The van der Waals surface area contributed by atoms with Gasteiger partial charge in [0.15, 0.2) is 0 Å². The number of aliphatic carboxylic acids is 1. The van der Waals surface area contributed by atoms with E-state index < -0.39 is 47.9 Å². The highest BCUT2D eigenvalue weighted by atomic mass is 32.2. The number of aromatic hydroxyl groups is 1. The number of rotatable bonds is 13. The average Bonchev–Trinajstić information content (AvgIpc) is 2.76. The molecule has 0 aromatic heterocycles. The average molecular weight is 487 g/mol. The third-order valence-corrected chi connectivity index (χ3v) is 5.53. The van der Waals surface area contributed by atoms with E-state index in [2.05, 4.69) is 28.6 Å². The van der Waals surface area contributed by atoms with Crippen molar-refractivity contribution >= 4 is 48.1 Å². The fraction of sp³-hybridized carbons (Fsp3) is 0.500. The van der Waals surface area contributed by atoms with Crippen molar-refractivity contribution in [3.8, 4) is 5.75 Å². The first-order chi connectivity index (χ1) is 15.1. The first-order valence-corrected chi connectivity index (χ1v) is 11.9. The summed E-state index contributed by atoms with van der Waals surface area (Å²) in [6, 6.07) is 1.88. The third kappa shape index (κ3) is 9.37. The second-order valence-corrected chi connectivity index (χ2v) is 8.48. The highest BCUT2D eigenvalue weighted by Crippen LogP contribution is 2.12. The van der Waals surface area contributed by atoms with Gasteiger partial charge in [0.25, 0.3) is 0 Å². The van der Waals surface area contributed by atoms with Crippen LogP contribution in [0.4, 0.5) is 0 Å². The van der Waals surface area contributed by atoms with Crippen LogP contribution in [0.25, 0.3) is 0 Å². The molecule has 7 N–H and O–H groups in total. The number of thioether (sulfide) groups is 1. The van der Waals surface area contributed by atoms with Crippen molar-refractivity contribution in [1.82, 2.24) is 16.0 Å². The van der Waals surface area contributed by atoms with Gasteiger partial charge in [-0.3, -0.25) is 19.2 Å². The van der Waals surface area contributed by atoms with Gasteiger partial charge < -0.3 is 31.9 Å². The summed E-state index contributed by atoms with van der Waals surface area (Å²) < 4.78 is 0. The summed E-state index contributed by atoms with van der Waals surface area (Å²) >= 11 is 5.65. The first-order valence-electron chi connectivity index (χ1n) is 9.86. The van der Waals surface area contributed by atoms with Crippen LogP contribution in [0.2, 0.25) is 0 Å². The Morgan fingerprint density at radius 3 is 2.12 bits per heavy atom. The largest absolute Gasteiger partial charge is 0.508 e. The number of thiol groups is 1. The lowest BCUT2D eigenvalue weighted by atomic mass is 10.0. The number of amides is 3. The predicted molar refractivity (Wildman–Crippen MR) is 126 cm³/mol. The van der Waals surface area contributed by atoms with Crippen LogP contribution in [-0.2, 0) is 25.6 Å². The van der Waals surface area contributed by atoms with Crippen LogP contribution in [0.1, 0.15) is 18.9 Å². The summed E-state index contributed by atoms with van der Waals surface area (Å²) in [4.78, 5) is 48.8. The molecule has 178 valence electrons. The summed E-state index contributed by atoms with van der Waals surface area (Å²) in [6.45, 7) is 1.30. The molecule has 4 atom stereocenters. The zero-order valence-corrected chi connectivity index (χ0v) is 19.6. The first kappa shape index (κ1) is 27.6. The fourth-order valence-corrected chi connectivity index (χ4v) is 3.32. The van der Waals surface area contributed by atoms with E-state index in [-0.39, 0.29) is 17.9 Å². The van der Waals surface area contributed by atoms with Crippen molar-refractivity contribution in [3.05, 3.63) is 29.8 Å². The zero-order chi connectivity index (χ0) is 24.3. The van der Waals surface area contributed by atoms with Crippen molar-refractivity contribution < 1.29 is 29.4 Å². The van der Waals surface area contributed by atoms with Crippen LogP contribution in [0.15, 0.2) is 24.3 Å². The van der Waals surface area contributed by atoms with Gasteiger partial charge in [-0.25, -0.2) is 0 Å². The maximum absolute atomic E-state index is 12.8. The number of carbonyl (C=O) groups excluding carboxylic acids is 3. The number of carbonyl (C=O) groups is 4. The topological polar surface area (TPSA) is 171 Å². The van der Waals surface area contributed by atoms with Gasteiger partial charge >= 0.3 is 5.97 Å². The minimum absolute atomic E-state index is 0.0324. The molecule has 3 amide bonds. The maximum Gasteiger partial charge on any atom is 0.325 e. The van der Waals surface area contributed by atoms with Crippen molar-refractivity contribution in [3.63, 3.8) is 0 Å². The summed E-state index contributed by atoms with van der Waals surface area (Å²) in [5.41, 5.74) is 6.45. The SMILES string of the molecule is CSCCC(N)C(=O)NC(CS)C(=O)NC(Cc1ccc(O)cc1)C(=O)NC(C)C(=O)O. The molecule has 1 aromatic carbocycles. The lowest BCUT2D eigenvalue weighted by Gasteiger charge is -2.24. The van der Waals surface area contributed by atoms with Crippen LogP contribution in [0.3, 0.4) is 0 Å². The molecule has 4 unspecified atom stereocenters. The molecule has 10 nitrogen and oxygen atoms in total. The van der Waals surface area contributed by atoms with E-state index in [1.165, 1.54) is 19.1 Å². The molecule has 12 heteroatoms. The van der Waals surface area contributed by atoms with Gasteiger partial charge in [0.1, 0.15) is 23.9 Å². The maximum atomic E-state index is 12.8. The predicted octanol–water partition coefficient (Wildman–Crippen LogP) is -0.496. The van der Waals surface area contributed by atoms with Crippen LogP contribution < -0.4 is 21.7 Å². The highest BCUT2D eigenvalue weighted by molar-refractivity contribution is 7.98. The summed E-state index contributed by atoms with van der Waals surface area (Å²) in [7, 11) is 0. The molecule has 32 heavy (non-hydrogen) atoms. The molecule has 0 heterocycles. The van der Waals surface area contributed by atoms with Crippen LogP contribution >= 0.6 is 24.4 Å². The molecule has 0 radical (unpaired) electrons. The van der Waals surface area contributed by atoms with Gasteiger partial charge in [-0.05, 0) is 43.0 Å². The number of benzene rings is 1. The van der Waals surface area contributed by atoms with Gasteiger partial charge in [0, 0.05) is 12.2 Å². The molecular weight excluding hydrogens is 456 g/mol. The van der Waals surface area contributed by atoms with Gasteiger partial charge in [-0.2, -0.15) is 24.4 Å². The van der Waals surface area contributed by atoms with Gasteiger partial charge in [0.05, 0.1) is 6.04 Å². The van der Waals surface area contributed by atoms with Crippen LogP contribution in [0, 0.1) is 0 Å². The third-order valence-electron chi connectivity index (χ3n) is 4.52. The number of hydrogen-bond donors (Lipinski definition) is 7. The Morgan fingerprint density at radius 2 is 1.59 bits per heavy atom. The highest BCUT2D eigenvalue weighted by Gasteiger charge is 2.29. The Labute approximate surface area is 196 Å². The minimum Gasteiger partial charge on any atom is -0.508 e. The fourth-order valence-electron chi connectivity index (χ4n) is 2.57. The van der Waals surface area contributed by atoms with E-state index in [1.807, 2.05) is 6.26 Å². The summed E-state index contributed by atoms with van der Waals surface area (Å²) in [5, 5.41) is 25.9. The smallest absolute Gasteiger partial charge is 0.325 e. The molecule has 0 bridgehead atoms. The molecule has 0 saturated heterocycles. The summed E-state index contributed by atoms with van der Waals surface area (Å²) in [6.07, 6.45) is 2.36. The molecule has 0 aliphatic heterocycles. The second-order valence-electron chi connectivity index (χ2n) is 7.13. The molecule has 0 spiro atoms. The number of phenolic OH excluding ortho intramolecular Hbond substituents is 1. The number of carboxylic acid groups (broad SMARTS) is 1. The number of phenols is 1. The molecule has 0 aliphatic rings. The number of nitrogens with one attached hydrogen (secondary N) is 3. The van der Waals surface area contributed by atoms with Crippen LogP contribution in [-0.4, -0.2) is 75.8 Å². The monoisotopic (exact) mass is 486 g/mol. The lowest BCUT2D eigenvalue weighted by Crippen LogP contribution is -2.58. The molecular formula is C20H30N4O6S2. The van der Waals surface area contributed by atoms with E-state index in [9.17, 15) is 24.3 Å². The van der Waals surface area contributed by atoms with Gasteiger partial charge in [0.2, 0.25) is 17.7 Å². The Morgan fingerprint density at radius 1 is 1.03 bits per heavy atom. The van der Waals surface area contributed by atoms with Crippen molar-refractivity contribution in [2.24, 2.45) is 5.73 Å². The molecule has 1 aromatic rings. The lowest BCUT2D eigenvalue weighted by molar-refractivity contribution is -0.141. The Hall–Kier alpha value is -2.44. The van der Waals surface area contributed by atoms with Crippen molar-refractivity contribution in [1.29, 1.82) is 0 Å². The van der Waals surface area contributed by atoms with E-state index in [4.69, 9.17) is 10.8 Å². The van der Waals surface area contributed by atoms with E-state index in [0.717, 1.165) is 0 Å². The molecule has 1 rings (SSSR count). The van der Waals surface area contributed by atoms with Crippen molar-refractivity contribution in [2.75, 3.05) is 17.8 Å². The van der Waals surface area contributed by atoms with E-state index in [0.29, 0.717) is 17.7 Å². The number of nitrogens with two attached hydrogens (primary N) is 1. The molecule has 0 fully saturated rings. The van der Waals surface area contributed by atoms with E-state index in [1.54, 1.807) is 23.9 Å². The summed E-state index contributed by atoms with van der Waals surface area (Å²) in [5.74, 6) is -2.42. The van der Waals surface area contributed by atoms with Crippen LogP contribution in [0.5, 0.6) is 5.75 Å². The Bertz CT molecular complexity index is 793. The van der Waals surface area contributed by atoms with Gasteiger partial charge in [-0.1, -0.05) is 12.1 Å². The van der Waals surface area contributed by atoms with Gasteiger partial charge in [-0.15, -0.1) is 0 Å². The Kier molecular flexibility index (Phi) is 12.0. The molecule has 0 saturated carbocycles. The normalized spacial score (nSPS) is 14.5. The Balaban J connectivity index is 2.93.